The number of carboxylic acids is 1. The van der Waals surface area contributed by atoms with Gasteiger partial charge in [-0.1, -0.05) is 6.07 Å². The fourth-order valence-corrected chi connectivity index (χ4v) is 2.00. The van der Waals surface area contributed by atoms with E-state index in [1.807, 2.05) is 19.9 Å². The van der Waals surface area contributed by atoms with Crippen LogP contribution in [0.5, 0.6) is 5.75 Å². The average molecular weight is 264 g/mol. The molecule has 0 bridgehead atoms. The zero-order chi connectivity index (χ0) is 15.0. The maximum atomic E-state index is 12.5. The predicted octanol–water partition coefficient (Wildman–Crippen LogP) is 2.91. The van der Waals surface area contributed by atoms with Gasteiger partial charge in [0.25, 0.3) is 0 Å². The van der Waals surface area contributed by atoms with Gasteiger partial charge in [-0.2, -0.15) is 0 Å². The van der Waals surface area contributed by atoms with Crippen molar-refractivity contribution in [3.8, 4) is 5.75 Å². The van der Waals surface area contributed by atoms with Crippen LogP contribution in [0.4, 0.5) is 0 Å². The van der Waals surface area contributed by atoms with Crippen LogP contribution in [0.1, 0.15) is 40.9 Å². The number of aliphatic carboxylic acids is 1. The van der Waals surface area contributed by atoms with Crippen molar-refractivity contribution in [1.82, 2.24) is 0 Å². The number of ketones is 1. The molecule has 104 valence electrons. The van der Waals surface area contributed by atoms with E-state index < -0.39 is 17.2 Å². The van der Waals surface area contributed by atoms with Crippen LogP contribution in [-0.2, 0) is 4.79 Å². The van der Waals surface area contributed by atoms with Crippen molar-refractivity contribution in [2.45, 2.75) is 34.6 Å². The second-order valence-electron chi connectivity index (χ2n) is 5.30. The maximum Gasteiger partial charge on any atom is 0.317 e. The monoisotopic (exact) mass is 264 g/mol. The Balaban J connectivity index is 3.56. The van der Waals surface area contributed by atoms with Crippen LogP contribution in [0, 0.1) is 26.2 Å². The lowest BCUT2D eigenvalue weighted by Gasteiger charge is -2.22. The molecule has 1 rings (SSSR count). The van der Waals surface area contributed by atoms with E-state index in [1.54, 1.807) is 6.92 Å². The van der Waals surface area contributed by atoms with Crippen molar-refractivity contribution < 1.29 is 19.4 Å². The van der Waals surface area contributed by atoms with E-state index in [0.29, 0.717) is 11.3 Å². The smallest absolute Gasteiger partial charge is 0.317 e. The Bertz CT molecular complexity index is 542. The lowest BCUT2D eigenvalue weighted by molar-refractivity contribution is -0.144. The van der Waals surface area contributed by atoms with E-state index in [-0.39, 0.29) is 0 Å². The van der Waals surface area contributed by atoms with E-state index >= 15 is 0 Å². The minimum atomic E-state index is -1.47. The molecule has 0 heterocycles. The summed E-state index contributed by atoms with van der Waals surface area (Å²) < 4.78 is 5.32. The van der Waals surface area contributed by atoms with Gasteiger partial charge in [-0.3, -0.25) is 9.59 Å². The third-order valence-corrected chi connectivity index (χ3v) is 3.52. The van der Waals surface area contributed by atoms with Crippen molar-refractivity contribution in [2.75, 3.05) is 7.11 Å². The average Bonchev–Trinajstić information content (AvgIpc) is 2.32. The molecule has 0 saturated heterocycles. The molecule has 1 aromatic rings. The molecule has 4 nitrogen and oxygen atoms in total. The van der Waals surface area contributed by atoms with E-state index in [1.165, 1.54) is 21.0 Å². The van der Waals surface area contributed by atoms with Gasteiger partial charge in [0.1, 0.15) is 11.2 Å². The highest BCUT2D eigenvalue weighted by Crippen LogP contribution is 2.34. The lowest BCUT2D eigenvalue weighted by Crippen LogP contribution is -2.34. The molecular weight excluding hydrogens is 244 g/mol. The Kier molecular flexibility index (Phi) is 4.03. The number of hydrogen-bond donors (Lipinski definition) is 1. The van der Waals surface area contributed by atoms with Gasteiger partial charge in [-0.15, -0.1) is 0 Å². The van der Waals surface area contributed by atoms with Crippen LogP contribution in [0.3, 0.4) is 0 Å². The molecule has 0 saturated carbocycles. The Morgan fingerprint density at radius 2 is 1.68 bits per heavy atom. The molecule has 19 heavy (non-hydrogen) atoms. The number of carbonyl (C=O) groups excluding carboxylic acids is 1. The zero-order valence-corrected chi connectivity index (χ0v) is 12.2. The number of aryl methyl sites for hydroxylation is 2. The minimum absolute atomic E-state index is 0.359. The summed E-state index contributed by atoms with van der Waals surface area (Å²) in [6, 6.07) is 1.88. The highest BCUT2D eigenvalue weighted by molar-refractivity contribution is 6.13. The third kappa shape index (κ3) is 2.48. The number of ether oxygens (including phenoxy) is 1. The molecule has 0 aliphatic carbocycles. The first-order valence-corrected chi connectivity index (χ1v) is 6.07. The number of Topliss-reactive ketones (excluding diaryl/α,β-unsaturated/α-hetero) is 1. The predicted molar refractivity (Wildman–Crippen MR) is 73.0 cm³/mol. The summed E-state index contributed by atoms with van der Waals surface area (Å²) >= 11 is 0. The summed E-state index contributed by atoms with van der Waals surface area (Å²) in [5, 5.41) is 9.19. The van der Waals surface area contributed by atoms with Crippen LogP contribution >= 0.6 is 0 Å². The highest BCUT2D eigenvalue weighted by atomic mass is 16.5. The Morgan fingerprint density at radius 1 is 1.16 bits per heavy atom. The quantitative estimate of drug-likeness (QED) is 0.671. The van der Waals surface area contributed by atoms with Crippen molar-refractivity contribution >= 4 is 11.8 Å². The van der Waals surface area contributed by atoms with Crippen LogP contribution < -0.4 is 4.74 Å². The number of benzene rings is 1. The molecule has 0 fully saturated rings. The molecule has 0 spiro atoms. The van der Waals surface area contributed by atoms with Gasteiger partial charge in [0.15, 0.2) is 5.78 Å². The molecule has 0 unspecified atom stereocenters. The second-order valence-corrected chi connectivity index (χ2v) is 5.30. The molecule has 1 N–H and O–H groups in total. The summed E-state index contributed by atoms with van der Waals surface area (Å²) in [5.41, 5.74) is 1.49. The molecule has 4 heteroatoms. The molecule has 0 atom stereocenters. The number of rotatable bonds is 4. The topological polar surface area (TPSA) is 63.6 Å². The number of carboxylic acid groups (broad SMARTS) is 1. The second kappa shape index (κ2) is 5.03. The van der Waals surface area contributed by atoms with Gasteiger partial charge in [-0.25, -0.2) is 0 Å². The number of hydrogen-bond acceptors (Lipinski definition) is 3. The van der Waals surface area contributed by atoms with Gasteiger partial charge in [0.05, 0.1) is 12.7 Å². The van der Waals surface area contributed by atoms with E-state index in [9.17, 15) is 14.7 Å². The Morgan fingerprint density at radius 3 is 2.11 bits per heavy atom. The van der Waals surface area contributed by atoms with Crippen LogP contribution in [-0.4, -0.2) is 24.0 Å². The van der Waals surface area contributed by atoms with Gasteiger partial charge >= 0.3 is 5.97 Å². The molecule has 0 radical (unpaired) electrons. The SMILES string of the molecule is COc1c(C)c(C)cc(C)c1C(=O)C(C)(C)C(=O)O. The van der Waals surface area contributed by atoms with E-state index in [4.69, 9.17) is 4.74 Å². The van der Waals surface area contributed by atoms with Crippen LogP contribution in [0.15, 0.2) is 6.07 Å². The lowest BCUT2D eigenvalue weighted by atomic mass is 9.81. The first-order chi connectivity index (χ1) is 8.64. The van der Waals surface area contributed by atoms with Crippen molar-refractivity contribution in [3.05, 3.63) is 28.3 Å². The summed E-state index contributed by atoms with van der Waals surface area (Å²) in [4.78, 5) is 23.7. The highest BCUT2D eigenvalue weighted by Gasteiger charge is 2.39. The summed E-state index contributed by atoms with van der Waals surface area (Å²) in [6.07, 6.45) is 0. The first-order valence-electron chi connectivity index (χ1n) is 6.07. The van der Waals surface area contributed by atoms with Crippen molar-refractivity contribution in [1.29, 1.82) is 0 Å². The molecule has 0 amide bonds. The van der Waals surface area contributed by atoms with Crippen LogP contribution in [0.2, 0.25) is 0 Å². The third-order valence-electron chi connectivity index (χ3n) is 3.52. The van der Waals surface area contributed by atoms with Gasteiger partial charge in [0, 0.05) is 0 Å². The Hall–Kier alpha value is -1.84. The fourth-order valence-electron chi connectivity index (χ4n) is 2.00. The maximum absolute atomic E-state index is 12.5. The largest absolute Gasteiger partial charge is 0.496 e. The Labute approximate surface area is 113 Å². The minimum Gasteiger partial charge on any atom is -0.496 e. The van der Waals surface area contributed by atoms with Gasteiger partial charge < -0.3 is 9.84 Å². The standard InChI is InChI=1S/C15H20O4/c1-8-7-9(2)11(12(19-6)10(8)3)13(16)15(4,5)14(17)18/h7H,1-6H3,(H,17,18). The van der Waals surface area contributed by atoms with E-state index in [2.05, 4.69) is 0 Å². The number of methoxy groups -OCH3 is 1. The normalized spacial score (nSPS) is 11.3. The number of carbonyl (C=O) groups is 2. The van der Waals surface area contributed by atoms with Crippen LogP contribution in [0.25, 0.3) is 0 Å². The molecule has 0 aromatic heterocycles. The van der Waals surface area contributed by atoms with Gasteiger partial charge in [-0.05, 0) is 51.3 Å². The van der Waals surface area contributed by atoms with Crippen molar-refractivity contribution in [3.63, 3.8) is 0 Å². The first kappa shape index (κ1) is 15.2. The molecule has 0 aliphatic heterocycles. The summed E-state index contributed by atoms with van der Waals surface area (Å²) in [7, 11) is 1.49. The molecular formula is C15H20O4. The summed E-state index contributed by atoms with van der Waals surface area (Å²) in [6.45, 7) is 8.40. The molecule has 0 aliphatic rings. The van der Waals surface area contributed by atoms with Crippen molar-refractivity contribution in [2.24, 2.45) is 5.41 Å². The molecule has 1 aromatic carbocycles. The van der Waals surface area contributed by atoms with Gasteiger partial charge in [0.2, 0.25) is 0 Å². The zero-order valence-electron chi connectivity index (χ0n) is 12.2. The fraction of sp³-hybridized carbons (Fsp3) is 0.467. The summed E-state index contributed by atoms with van der Waals surface area (Å²) in [5.74, 6) is -1.11. The van der Waals surface area contributed by atoms with E-state index in [0.717, 1.165) is 16.7 Å².